The Morgan fingerprint density at radius 1 is 0.923 bits per heavy atom. The van der Waals surface area contributed by atoms with Crippen LogP contribution in [0.3, 0.4) is 0 Å². The molecule has 2 aromatic rings. The van der Waals surface area contributed by atoms with Crippen molar-refractivity contribution < 1.29 is 29.5 Å². The van der Waals surface area contributed by atoms with Gasteiger partial charge in [-0.2, -0.15) is 0 Å². The number of ether oxygens (including phenoxy) is 3. The lowest BCUT2D eigenvalue weighted by molar-refractivity contribution is -0.0445. The zero-order valence-corrected chi connectivity index (χ0v) is 15.3. The fourth-order valence-electron chi connectivity index (χ4n) is 3.46. The van der Waals surface area contributed by atoms with Gasteiger partial charge in [0.05, 0.1) is 25.9 Å². The molecule has 0 bridgehead atoms. The second-order valence-corrected chi connectivity index (χ2v) is 6.81. The minimum absolute atomic E-state index is 0.0294. The summed E-state index contributed by atoms with van der Waals surface area (Å²) >= 11 is 0. The van der Waals surface area contributed by atoms with E-state index in [-0.39, 0.29) is 23.5 Å². The summed E-state index contributed by atoms with van der Waals surface area (Å²) in [5.41, 5.74) is 0.378. The highest BCUT2D eigenvalue weighted by Crippen LogP contribution is 2.52. The van der Waals surface area contributed by atoms with Crippen LogP contribution in [0.1, 0.15) is 37.2 Å². The summed E-state index contributed by atoms with van der Waals surface area (Å²) in [4.78, 5) is 0. The lowest BCUT2D eigenvalue weighted by Gasteiger charge is -2.28. The van der Waals surface area contributed by atoms with E-state index in [2.05, 4.69) is 0 Å². The molecule has 2 aromatic carbocycles. The molecule has 3 rings (SSSR count). The van der Waals surface area contributed by atoms with Gasteiger partial charge in [0, 0.05) is 5.92 Å². The van der Waals surface area contributed by atoms with E-state index < -0.39 is 11.7 Å². The van der Waals surface area contributed by atoms with E-state index in [1.807, 2.05) is 6.92 Å². The van der Waals surface area contributed by atoms with Gasteiger partial charge in [-0.3, -0.25) is 0 Å². The number of hydrogen-bond acceptors (Lipinski definition) is 6. The Kier molecular flexibility index (Phi) is 4.73. The molecular weight excluding hydrogens is 336 g/mol. The van der Waals surface area contributed by atoms with Crippen molar-refractivity contribution in [1.82, 2.24) is 0 Å². The van der Waals surface area contributed by atoms with Crippen molar-refractivity contribution in [2.24, 2.45) is 5.92 Å². The molecule has 0 amide bonds. The first-order valence-electron chi connectivity index (χ1n) is 8.41. The number of rotatable bonds is 4. The van der Waals surface area contributed by atoms with Crippen molar-refractivity contribution in [2.45, 2.75) is 31.7 Å². The van der Waals surface area contributed by atoms with Gasteiger partial charge in [0.25, 0.3) is 0 Å². The molecule has 1 fully saturated rings. The van der Waals surface area contributed by atoms with Crippen LogP contribution >= 0.6 is 0 Å². The van der Waals surface area contributed by atoms with Gasteiger partial charge in [-0.15, -0.1) is 0 Å². The number of benzene rings is 2. The van der Waals surface area contributed by atoms with Crippen LogP contribution in [-0.2, 0) is 4.74 Å². The molecule has 1 aliphatic rings. The number of phenolic OH excluding ortho intramolecular Hbond substituents is 2. The smallest absolute Gasteiger partial charge is 0.160 e. The summed E-state index contributed by atoms with van der Waals surface area (Å²) in [6.07, 6.45) is -0.985. The molecule has 4 atom stereocenters. The Morgan fingerprint density at radius 2 is 1.42 bits per heavy atom. The van der Waals surface area contributed by atoms with Crippen LogP contribution in [-0.4, -0.2) is 35.1 Å². The predicted octanol–water partition coefficient (Wildman–Crippen LogP) is 3.31. The molecule has 0 spiro atoms. The van der Waals surface area contributed by atoms with E-state index in [9.17, 15) is 15.3 Å². The minimum Gasteiger partial charge on any atom is -0.504 e. The number of aliphatic hydroxyl groups is 1. The van der Waals surface area contributed by atoms with Crippen LogP contribution in [0.5, 0.6) is 23.0 Å². The molecule has 0 unspecified atom stereocenters. The Balaban J connectivity index is 1.98. The van der Waals surface area contributed by atoms with Gasteiger partial charge >= 0.3 is 0 Å². The highest BCUT2D eigenvalue weighted by atomic mass is 16.5. The molecule has 6 nitrogen and oxygen atoms in total. The molecule has 0 aliphatic carbocycles. The van der Waals surface area contributed by atoms with Crippen LogP contribution in [0.2, 0.25) is 0 Å². The highest BCUT2D eigenvalue weighted by molar-refractivity contribution is 5.45. The highest BCUT2D eigenvalue weighted by Gasteiger charge is 2.51. The van der Waals surface area contributed by atoms with Crippen molar-refractivity contribution in [3.63, 3.8) is 0 Å². The normalized spacial score (nSPS) is 28.1. The lowest BCUT2D eigenvalue weighted by atomic mass is 9.81. The maximum absolute atomic E-state index is 11.1. The van der Waals surface area contributed by atoms with E-state index in [1.165, 1.54) is 20.3 Å². The molecular formula is C20H24O6. The predicted molar refractivity (Wildman–Crippen MR) is 95.7 cm³/mol. The van der Waals surface area contributed by atoms with E-state index in [0.717, 1.165) is 5.56 Å². The summed E-state index contributed by atoms with van der Waals surface area (Å²) in [5.74, 6) is 0.536. The zero-order valence-electron chi connectivity index (χ0n) is 15.3. The maximum atomic E-state index is 11.1. The second kappa shape index (κ2) is 6.70. The summed E-state index contributed by atoms with van der Waals surface area (Å²) in [7, 11) is 2.96. The van der Waals surface area contributed by atoms with Gasteiger partial charge in [-0.05, 0) is 42.3 Å². The Hall–Kier alpha value is -2.44. The van der Waals surface area contributed by atoms with Gasteiger partial charge in [-0.1, -0.05) is 19.1 Å². The Bertz CT molecular complexity index is 801. The second-order valence-electron chi connectivity index (χ2n) is 6.81. The van der Waals surface area contributed by atoms with Crippen LogP contribution in [0.15, 0.2) is 36.4 Å². The van der Waals surface area contributed by atoms with E-state index in [4.69, 9.17) is 14.2 Å². The quantitative estimate of drug-likeness (QED) is 0.775. The number of phenols is 2. The van der Waals surface area contributed by atoms with Crippen molar-refractivity contribution in [3.05, 3.63) is 47.5 Å². The van der Waals surface area contributed by atoms with E-state index in [0.29, 0.717) is 17.1 Å². The summed E-state index contributed by atoms with van der Waals surface area (Å²) in [6.45, 7) is 3.65. The van der Waals surface area contributed by atoms with Crippen LogP contribution in [0, 0.1) is 5.92 Å². The number of hydrogen-bond donors (Lipinski definition) is 3. The first-order chi connectivity index (χ1) is 12.3. The van der Waals surface area contributed by atoms with Crippen molar-refractivity contribution in [2.75, 3.05) is 14.2 Å². The first-order valence-corrected chi connectivity index (χ1v) is 8.41. The van der Waals surface area contributed by atoms with Gasteiger partial charge in [0.15, 0.2) is 23.0 Å². The molecule has 1 saturated heterocycles. The lowest BCUT2D eigenvalue weighted by Crippen LogP contribution is -2.34. The third-order valence-corrected chi connectivity index (χ3v) is 5.23. The first kappa shape index (κ1) is 18.4. The average molecular weight is 360 g/mol. The molecule has 1 aliphatic heterocycles. The molecule has 0 aromatic heterocycles. The van der Waals surface area contributed by atoms with Gasteiger partial charge < -0.3 is 29.5 Å². The molecule has 1 heterocycles. The van der Waals surface area contributed by atoms with Crippen molar-refractivity contribution >= 4 is 0 Å². The Labute approximate surface area is 152 Å². The largest absolute Gasteiger partial charge is 0.504 e. The van der Waals surface area contributed by atoms with Crippen LogP contribution < -0.4 is 9.47 Å². The molecule has 3 N–H and O–H groups in total. The molecule has 140 valence electrons. The fraction of sp³-hybridized carbons (Fsp3) is 0.400. The Morgan fingerprint density at radius 3 is 1.96 bits per heavy atom. The van der Waals surface area contributed by atoms with E-state index >= 15 is 0 Å². The van der Waals surface area contributed by atoms with Gasteiger partial charge in [0.2, 0.25) is 0 Å². The maximum Gasteiger partial charge on any atom is 0.160 e. The zero-order chi connectivity index (χ0) is 19.1. The van der Waals surface area contributed by atoms with Crippen molar-refractivity contribution in [1.29, 1.82) is 0 Å². The number of methoxy groups -OCH3 is 2. The van der Waals surface area contributed by atoms with Crippen LogP contribution in [0.25, 0.3) is 0 Å². The molecule has 0 saturated carbocycles. The number of aromatic hydroxyl groups is 2. The third-order valence-electron chi connectivity index (χ3n) is 5.23. The average Bonchev–Trinajstić information content (AvgIpc) is 2.86. The summed E-state index contributed by atoms with van der Waals surface area (Å²) < 4.78 is 16.6. The molecule has 6 heteroatoms. The standard InChI is InChI=1S/C20H24O6/c1-11-18(12-5-7-14(21)16(9-12)24-3)26-19(20(11,2)23)13-6-8-15(22)17(10-13)25-4/h5-11,18-19,21-23H,1-4H3/t11-,18-,19-,20+/m1/s1. The van der Waals surface area contributed by atoms with Crippen LogP contribution in [0.4, 0.5) is 0 Å². The topological polar surface area (TPSA) is 88.4 Å². The van der Waals surface area contributed by atoms with Gasteiger partial charge in [0.1, 0.15) is 6.10 Å². The summed E-state index contributed by atoms with van der Waals surface area (Å²) in [6, 6.07) is 9.93. The minimum atomic E-state index is -1.14. The fourth-order valence-corrected chi connectivity index (χ4v) is 3.46. The SMILES string of the molecule is COc1cc([C@H]2O[C@@H](c3ccc(O)c(OC)c3)[C@@H](C)[C@]2(C)O)ccc1O. The summed E-state index contributed by atoms with van der Waals surface area (Å²) in [5, 5.41) is 30.7. The van der Waals surface area contributed by atoms with Gasteiger partial charge in [-0.25, -0.2) is 0 Å². The van der Waals surface area contributed by atoms with Crippen molar-refractivity contribution in [3.8, 4) is 23.0 Å². The monoisotopic (exact) mass is 360 g/mol. The molecule has 0 radical (unpaired) electrons. The molecule has 26 heavy (non-hydrogen) atoms. The van der Waals surface area contributed by atoms with E-state index in [1.54, 1.807) is 37.3 Å². The third kappa shape index (κ3) is 2.95.